The Hall–Kier alpha value is -2.24. The molecule has 0 spiro atoms. The maximum atomic E-state index is 12.2. The van der Waals surface area contributed by atoms with Gasteiger partial charge in [0.05, 0.1) is 11.3 Å². The van der Waals surface area contributed by atoms with Crippen molar-refractivity contribution in [1.29, 1.82) is 0 Å². The Kier molecular flexibility index (Phi) is 3.80. The molecule has 112 valence electrons. The van der Waals surface area contributed by atoms with Gasteiger partial charge in [-0.3, -0.25) is 4.79 Å². The number of hydrogen-bond acceptors (Lipinski definition) is 3. The van der Waals surface area contributed by atoms with Gasteiger partial charge in [0.25, 0.3) is 5.56 Å². The number of hydrogen-bond donors (Lipinski definition) is 0. The number of nitroso groups, excluding NO2 is 1. The van der Waals surface area contributed by atoms with Crippen molar-refractivity contribution >= 4 is 5.82 Å². The molecule has 2 aromatic heterocycles. The Labute approximate surface area is 123 Å². The highest BCUT2D eigenvalue weighted by atomic mass is 16.3. The highest BCUT2D eigenvalue weighted by molar-refractivity contribution is 5.66. The predicted octanol–water partition coefficient (Wildman–Crippen LogP) is 2.23. The summed E-state index contributed by atoms with van der Waals surface area (Å²) in [7, 11) is 3.20. The summed E-state index contributed by atoms with van der Waals surface area (Å²) in [5.74, 6) is 0.528. The van der Waals surface area contributed by atoms with Gasteiger partial charge >= 0.3 is 5.82 Å². The summed E-state index contributed by atoms with van der Waals surface area (Å²) in [6.07, 6.45) is 0. The third-order valence-corrected chi connectivity index (χ3v) is 3.76. The van der Waals surface area contributed by atoms with E-state index >= 15 is 0 Å². The van der Waals surface area contributed by atoms with Crippen LogP contribution in [0, 0.1) is 25.7 Å². The fraction of sp³-hybridized carbons (Fsp3) is 0.467. The van der Waals surface area contributed by atoms with Gasteiger partial charge in [0.2, 0.25) is 0 Å². The zero-order valence-corrected chi connectivity index (χ0v) is 13.4. The molecule has 0 saturated carbocycles. The minimum absolute atomic E-state index is 0.0434. The first-order valence-corrected chi connectivity index (χ1v) is 6.95. The lowest BCUT2D eigenvalue weighted by atomic mass is 10.1. The average Bonchev–Trinajstić information content (AvgIpc) is 2.73. The van der Waals surface area contributed by atoms with Crippen LogP contribution in [-0.2, 0) is 13.6 Å². The summed E-state index contributed by atoms with van der Waals surface area (Å²) in [5.41, 5.74) is 3.87. The summed E-state index contributed by atoms with van der Waals surface area (Å²) < 4.78 is 4.09. The quantitative estimate of drug-likeness (QED) is 0.814. The summed E-state index contributed by atoms with van der Waals surface area (Å²) in [5, 5.41) is 4.53. The first-order valence-electron chi connectivity index (χ1n) is 6.95. The van der Waals surface area contributed by atoms with Crippen LogP contribution < -0.4 is 5.56 Å². The van der Waals surface area contributed by atoms with Crippen molar-refractivity contribution in [2.24, 2.45) is 7.05 Å². The topological polar surface area (TPSA) is 59.9 Å². The van der Waals surface area contributed by atoms with Crippen LogP contribution in [0.1, 0.15) is 23.6 Å². The highest BCUT2D eigenvalue weighted by Crippen LogP contribution is 2.30. The fourth-order valence-corrected chi connectivity index (χ4v) is 2.82. The van der Waals surface area contributed by atoms with Crippen LogP contribution in [0.25, 0.3) is 11.4 Å². The first-order chi connectivity index (χ1) is 9.79. The molecule has 0 radical (unpaired) electrons. The number of aromatic nitrogens is 3. The van der Waals surface area contributed by atoms with Crippen molar-refractivity contribution in [3.05, 3.63) is 38.0 Å². The third kappa shape index (κ3) is 2.30. The van der Waals surface area contributed by atoms with Gasteiger partial charge in [-0.15, -0.1) is 4.68 Å². The van der Waals surface area contributed by atoms with E-state index in [1.807, 2.05) is 26.8 Å². The van der Waals surface area contributed by atoms with Crippen molar-refractivity contribution in [3.8, 4) is 11.4 Å². The van der Waals surface area contributed by atoms with E-state index in [0.29, 0.717) is 23.6 Å². The van der Waals surface area contributed by atoms with Crippen molar-refractivity contribution in [2.75, 3.05) is 7.05 Å². The van der Waals surface area contributed by atoms with Crippen molar-refractivity contribution in [2.45, 2.75) is 34.2 Å². The third-order valence-electron chi connectivity index (χ3n) is 3.76. The van der Waals surface area contributed by atoms with E-state index < -0.39 is 0 Å². The van der Waals surface area contributed by atoms with Gasteiger partial charge in [-0.1, -0.05) is 10.0 Å². The van der Waals surface area contributed by atoms with Crippen molar-refractivity contribution in [3.63, 3.8) is 0 Å². The van der Waals surface area contributed by atoms with Gasteiger partial charge in [0.15, 0.2) is 0 Å². The molecule has 2 heterocycles. The zero-order chi connectivity index (χ0) is 15.9. The van der Waals surface area contributed by atoms with Gasteiger partial charge in [0, 0.05) is 12.6 Å². The van der Waals surface area contributed by atoms with Crippen LogP contribution in [0.4, 0.5) is 5.82 Å². The monoisotopic (exact) mass is 289 g/mol. The predicted molar refractivity (Wildman–Crippen MR) is 82.0 cm³/mol. The second-order valence-corrected chi connectivity index (χ2v) is 5.33. The Balaban J connectivity index is 2.84. The number of aryl methyl sites for hydroxylation is 3. The van der Waals surface area contributed by atoms with E-state index in [9.17, 15) is 9.70 Å². The summed E-state index contributed by atoms with van der Waals surface area (Å²) in [6.45, 7) is 8.15. The molecule has 6 heteroatoms. The van der Waals surface area contributed by atoms with Crippen LogP contribution in [0.3, 0.4) is 0 Å². The lowest BCUT2D eigenvalue weighted by molar-refractivity contribution is -0.435. The Morgan fingerprint density at radius 2 is 1.86 bits per heavy atom. The molecule has 2 aromatic rings. The molecule has 0 amide bonds. The largest absolute Gasteiger partial charge is 0.345 e. The van der Waals surface area contributed by atoms with E-state index in [4.69, 9.17) is 0 Å². The molecule has 0 N–H and O–H groups in total. The first kappa shape index (κ1) is 15.2. The smallest absolute Gasteiger partial charge is 0.309 e. The van der Waals surface area contributed by atoms with Crippen LogP contribution in [0.5, 0.6) is 0 Å². The molecule has 0 aromatic carbocycles. The zero-order valence-electron chi connectivity index (χ0n) is 13.4. The number of rotatable bonds is 3. The molecule has 0 bridgehead atoms. The molecular formula is C15H21N4O2+. The van der Waals surface area contributed by atoms with E-state index in [-0.39, 0.29) is 5.56 Å². The molecule has 6 nitrogen and oxygen atoms in total. The molecule has 0 aliphatic rings. The second-order valence-electron chi connectivity index (χ2n) is 5.33. The van der Waals surface area contributed by atoms with Gasteiger partial charge < -0.3 is 4.57 Å². The minimum Gasteiger partial charge on any atom is -0.309 e. The summed E-state index contributed by atoms with van der Waals surface area (Å²) in [6, 6.07) is 1.86. The van der Waals surface area contributed by atoms with Crippen LogP contribution in [0.15, 0.2) is 10.9 Å². The molecule has 0 fully saturated rings. The van der Waals surface area contributed by atoms with Crippen LogP contribution >= 0.6 is 0 Å². The molecule has 0 atom stereocenters. The highest BCUT2D eigenvalue weighted by Gasteiger charge is 2.27. The number of pyridine rings is 1. The van der Waals surface area contributed by atoms with Gasteiger partial charge in [0.1, 0.15) is 19.3 Å². The molecule has 0 aliphatic heterocycles. The summed E-state index contributed by atoms with van der Waals surface area (Å²) in [4.78, 5) is 23.9. The normalized spacial score (nSPS) is 11.0. The van der Waals surface area contributed by atoms with E-state index in [0.717, 1.165) is 21.6 Å². The van der Waals surface area contributed by atoms with E-state index in [2.05, 4.69) is 5.10 Å². The average molecular weight is 289 g/mol. The van der Waals surface area contributed by atoms with Crippen molar-refractivity contribution in [1.82, 2.24) is 14.3 Å². The van der Waals surface area contributed by atoms with Crippen molar-refractivity contribution < 1.29 is 4.76 Å². The Bertz CT molecular complexity index is 784. The van der Waals surface area contributed by atoms with E-state index in [1.54, 1.807) is 23.2 Å². The summed E-state index contributed by atoms with van der Waals surface area (Å²) >= 11 is 0. The molecule has 2 rings (SSSR count). The molecule has 0 saturated heterocycles. The Morgan fingerprint density at radius 1 is 1.24 bits per heavy atom. The molecule has 0 aliphatic carbocycles. The van der Waals surface area contributed by atoms with Gasteiger partial charge in [-0.25, -0.2) is 0 Å². The maximum absolute atomic E-state index is 12.2. The molecular weight excluding hydrogens is 268 g/mol. The van der Waals surface area contributed by atoms with Crippen LogP contribution in [-0.4, -0.2) is 26.2 Å². The number of nitrogens with zero attached hydrogens (tertiary/aromatic N) is 4. The molecule has 0 unspecified atom stereocenters. The van der Waals surface area contributed by atoms with Crippen LogP contribution in [0.2, 0.25) is 0 Å². The lowest BCUT2D eigenvalue weighted by Crippen LogP contribution is -2.22. The second kappa shape index (κ2) is 5.27. The fourth-order valence-electron chi connectivity index (χ4n) is 2.82. The lowest BCUT2D eigenvalue weighted by Gasteiger charge is -2.10. The standard InChI is InChI=1S/C15H21N4O2/c1-7-19-14(18(6)21)11(4)12(16-19)13-9(2)8-10(3)15(20)17(13)5/h8H,7H2,1-6H3/q+1. The SMILES string of the molecule is CCn1nc(-c2c(C)cc(C)c(=O)n2C)c(C)c1[N+](C)=O. The minimum atomic E-state index is -0.0434. The van der Waals surface area contributed by atoms with Gasteiger partial charge in [-0.2, -0.15) is 0 Å². The Morgan fingerprint density at radius 3 is 2.33 bits per heavy atom. The molecule has 21 heavy (non-hydrogen) atoms. The maximum Gasteiger partial charge on any atom is 0.345 e. The van der Waals surface area contributed by atoms with E-state index in [1.165, 1.54) is 7.05 Å². The van der Waals surface area contributed by atoms with Gasteiger partial charge in [-0.05, 0) is 44.1 Å².